The zero-order valence-electron chi connectivity index (χ0n) is 15.5. The third-order valence-corrected chi connectivity index (χ3v) is 7.04. The van der Waals surface area contributed by atoms with E-state index in [2.05, 4.69) is 45.2 Å². The van der Waals surface area contributed by atoms with Gasteiger partial charge in [-0.3, -0.25) is 0 Å². The Hall–Kier alpha value is -1.13. The van der Waals surface area contributed by atoms with Gasteiger partial charge in [-0.15, -0.1) is 0 Å². The van der Waals surface area contributed by atoms with Crippen LogP contribution in [0.4, 0.5) is 0 Å². The number of hydrogen-bond donors (Lipinski definition) is 2. The molecule has 0 unspecified atom stereocenters. The Kier molecular flexibility index (Phi) is 5.51. The Balaban J connectivity index is 1.67. The highest BCUT2D eigenvalue weighted by atomic mass is 79.9. The highest BCUT2D eigenvalue weighted by Crippen LogP contribution is 2.46. The fourth-order valence-corrected chi connectivity index (χ4v) is 5.65. The fraction of sp³-hybridized carbons (Fsp3) is 0.591. The van der Waals surface area contributed by atoms with Gasteiger partial charge in [0, 0.05) is 21.5 Å². The van der Waals surface area contributed by atoms with Gasteiger partial charge in [-0.25, -0.2) is 4.98 Å². The molecule has 2 fully saturated rings. The number of halogens is 1. The Morgan fingerprint density at radius 2 is 1.81 bits per heavy atom. The average molecular weight is 416 g/mol. The van der Waals surface area contributed by atoms with Gasteiger partial charge in [-0.1, -0.05) is 66.6 Å². The number of imidazole rings is 1. The molecule has 26 heavy (non-hydrogen) atoms. The molecule has 3 nitrogen and oxygen atoms in total. The van der Waals surface area contributed by atoms with Crippen LogP contribution in [-0.4, -0.2) is 15.5 Å². The van der Waals surface area contributed by atoms with Crippen molar-refractivity contribution in [3.63, 3.8) is 0 Å². The summed E-state index contributed by atoms with van der Waals surface area (Å²) in [6, 6.07) is 8.41. The summed E-state index contributed by atoms with van der Waals surface area (Å²) in [5, 5.41) is 0. The van der Waals surface area contributed by atoms with Crippen LogP contribution >= 0.6 is 15.9 Å². The van der Waals surface area contributed by atoms with Crippen LogP contribution in [0.25, 0.3) is 11.3 Å². The van der Waals surface area contributed by atoms with E-state index >= 15 is 0 Å². The lowest BCUT2D eigenvalue weighted by Gasteiger charge is -2.44. The maximum Gasteiger partial charge on any atom is 0.111 e. The quantitative estimate of drug-likeness (QED) is 0.627. The summed E-state index contributed by atoms with van der Waals surface area (Å²) in [7, 11) is 0. The fourth-order valence-electron chi connectivity index (χ4n) is 5.25. The number of aromatic nitrogens is 2. The summed E-state index contributed by atoms with van der Waals surface area (Å²) in [4.78, 5) is 8.53. The Bertz CT molecular complexity index is 726. The van der Waals surface area contributed by atoms with Crippen molar-refractivity contribution in [2.24, 2.45) is 11.7 Å². The molecule has 0 aliphatic heterocycles. The minimum absolute atomic E-state index is 0.0906. The van der Waals surface area contributed by atoms with Crippen molar-refractivity contribution in [2.45, 2.75) is 75.7 Å². The predicted molar refractivity (Wildman–Crippen MR) is 111 cm³/mol. The summed E-state index contributed by atoms with van der Waals surface area (Å²) in [6.45, 7) is 0. The molecular formula is C22H30BrN3. The predicted octanol–water partition coefficient (Wildman–Crippen LogP) is 6.16. The van der Waals surface area contributed by atoms with Gasteiger partial charge < -0.3 is 10.7 Å². The number of H-pyrrole nitrogens is 1. The zero-order chi connectivity index (χ0) is 18.0. The molecule has 4 rings (SSSR count). The van der Waals surface area contributed by atoms with Crippen LogP contribution in [0.5, 0.6) is 0 Å². The van der Waals surface area contributed by atoms with Crippen molar-refractivity contribution in [1.29, 1.82) is 0 Å². The van der Waals surface area contributed by atoms with Gasteiger partial charge in [0.1, 0.15) is 5.82 Å². The summed E-state index contributed by atoms with van der Waals surface area (Å²) >= 11 is 3.57. The summed E-state index contributed by atoms with van der Waals surface area (Å²) in [5.41, 5.74) is 9.25. The van der Waals surface area contributed by atoms with E-state index in [4.69, 9.17) is 10.7 Å². The molecule has 0 saturated heterocycles. The van der Waals surface area contributed by atoms with E-state index in [9.17, 15) is 0 Å². The Labute approximate surface area is 165 Å². The van der Waals surface area contributed by atoms with E-state index in [-0.39, 0.29) is 5.54 Å². The molecule has 0 amide bonds. The second-order valence-electron chi connectivity index (χ2n) is 8.36. The molecule has 2 aromatic rings. The number of aromatic amines is 1. The number of nitrogens with zero attached hydrogens (tertiary/aromatic N) is 1. The normalized spacial score (nSPS) is 22.2. The monoisotopic (exact) mass is 415 g/mol. The largest absolute Gasteiger partial charge is 0.342 e. The molecule has 2 saturated carbocycles. The first-order chi connectivity index (χ1) is 12.7. The standard InChI is InChI=1S/C22H30BrN3/c23-18-11-7-10-17(14-18)19-15-25-21(26-19)20(16-8-3-1-4-9-16)22(24)12-5-2-6-13-22/h7,10-11,14-16,20H,1-6,8-9,12-13,24H2,(H,25,26)/t20-/m1/s1. The first-order valence-corrected chi connectivity index (χ1v) is 11.0. The molecule has 0 bridgehead atoms. The number of benzene rings is 1. The molecule has 4 heteroatoms. The molecular weight excluding hydrogens is 386 g/mol. The molecule has 140 valence electrons. The second-order valence-corrected chi connectivity index (χ2v) is 9.28. The second kappa shape index (κ2) is 7.85. The number of rotatable bonds is 4. The van der Waals surface area contributed by atoms with Gasteiger partial charge in [0.05, 0.1) is 11.9 Å². The van der Waals surface area contributed by atoms with Gasteiger partial charge in [0.15, 0.2) is 0 Å². The van der Waals surface area contributed by atoms with Crippen LogP contribution < -0.4 is 5.73 Å². The number of nitrogens with one attached hydrogen (secondary N) is 1. The molecule has 1 atom stereocenters. The molecule has 1 aromatic heterocycles. The molecule has 2 aliphatic rings. The highest BCUT2D eigenvalue weighted by molar-refractivity contribution is 9.10. The lowest BCUT2D eigenvalue weighted by Crippen LogP contribution is -2.50. The number of nitrogens with two attached hydrogens (primary N) is 1. The van der Waals surface area contributed by atoms with E-state index < -0.39 is 0 Å². The van der Waals surface area contributed by atoms with E-state index in [0.717, 1.165) is 28.8 Å². The number of hydrogen-bond acceptors (Lipinski definition) is 2. The van der Waals surface area contributed by atoms with E-state index in [0.29, 0.717) is 11.8 Å². The third kappa shape index (κ3) is 3.77. The van der Waals surface area contributed by atoms with Crippen molar-refractivity contribution in [1.82, 2.24) is 9.97 Å². The molecule has 1 aromatic carbocycles. The van der Waals surface area contributed by atoms with Gasteiger partial charge in [-0.2, -0.15) is 0 Å². The summed E-state index contributed by atoms with van der Waals surface area (Å²) < 4.78 is 1.09. The van der Waals surface area contributed by atoms with E-state index in [1.807, 2.05) is 6.20 Å². The lowest BCUT2D eigenvalue weighted by atomic mass is 9.65. The zero-order valence-corrected chi connectivity index (χ0v) is 17.1. The van der Waals surface area contributed by atoms with Crippen molar-refractivity contribution >= 4 is 15.9 Å². The van der Waals surface area contributed by atoms with Gasteiger partial charge in [-0.05, 0) is 43.7 Å². The lowest BCUT2D eigenvalue weighted by molar-refractivity contribution is 0.162. The molecule has 0 spiro atoms. The molecule has 1 heterocycles. The van der Waals surface area contributed by atoms with E-state index in [1.165, 1.54) is 56.9 Å². The van der Waals surface area contributed by atoms with Crippen molar-refractivity contribution in [3.05, 3.63) is 40.8 Å². The summed E-state index contributed by atoms with van der Waals surface area (Å²) in [5.74, 6) is 2.16. The Morgan fingerprint density at radius 3 is 2.54 bits per heavy atom. The minimum atomic E-state index is -0.0906. The van der Waals surface area contributed by atoms with Gasteiger partial charge >= 0.3 is 0 Å². The molecule has 2 aliphatic carbocycles. The van der Waals surface area contributed by atoms with E-state index in [1.54, 1.807) is 0 Å². The van der Waals surface area contributed by atoms with Crippen LogP contribution in [-0.2, 0) is 0 Å². The first kappa shape index (κ1) is 18.2. The van der Waals surface area contributed by atoms with Crippen molar-refractivity contribution in [2.75, 3.05) is 0 Å². The average Bonchev–Trinajstić information content (AvgIpc) is 3.13. The first-order valence-electron chi connectivity index (χ1n) is 10.3. The third-order valence-electron chi connectivity index (χ3n) is 6.55. The van der Waals surface area contributed by atoms with Crippen LogP contribution in [0.2, 0.25) is 0 Å². The molecule has 0 radical (unpaired) electrons. The smallest absolute Gasteiger partial charge is 0.111 e. The van der Waals surface area contributed by atoms with Crippen LogP contribution in [0.3, 0.4) is 0 Å². The molecule has 3 N–H and O–H groups in total. The van der Waals surface area contributed by atoms with Crippen LogP contribution in [0, 0.1) is 5.92 Å². The van der Waals surface area contributed by atoms with Gasteiger partial charge in [0.25, 0.3) is 0 Å². The van der Waals surface area contributed by atoms with Crippen LogP contribution in [0.15, 0.2) is 34.9 Å². The highest BCUT2D eigenvalue weighted by Gasteiger charge is 2.43. The van der Waals surface area contributed by atoms with Crippen LogP contribution in [0.1, 0.15) is 76.0 Å². The van der Waals surface area contributed by atoms with Crippen molar-refractivity contribution < 1.29 is 0 Å². The SMILES string of the molecule is NC1([C@@H](c2ncc(-c3cccc(Br)c3)[nH]2)C2CCCCC2)CCCCC1. The summed E-state index contributed by atoms with van der Waals surface area (Å²) in [6.07, 6.45) is 14.8. The minimum Gasteiger partial charge on any atom is -0.342 e. The van der Waals surface area contributed by atoms with Gasteiger partial charge in [0.2, 0.25) is 0 Å². The Morgan fingerprint density at radius 1 is 1.08 bits per heavy atom. The van der Waals surface area contributed by atoms with Crippen molar-refractivity contribution in [3.8, 4) is 11.3 Å². The maximum atomic E-state index is 7.07. The maximum absolute atomic E-state index is 7.07. The topological polar surface area (TPSA) is 54.7 Å².